The summed E-state index contributed by atoms with van der Waals surface area (Å²) in [7, 11) is 3.04. The van der Waals surface area contributed by atoms with Gasteiger partial charge in [0.15, 0.2) is 0 Å². The Balaban J connectivity index is 2.58. The fourth-order valence-corrected chi connectivity index (χ4v) is 1.75. The molecular formula is C13H13N3O4. The van der Waals surface area contributed by atoms with E-state index in [9.17, 15) is 10.1 Å². The van der Waals surface area contributed by atoms with Crippen molar-refractivity contribution in [2.24, 2.45) is 0 Å². The van der Waals surface area contributed by atoms with Crippen LogP contribution in [0.2, 0.25) is 0 Å². The van der Waals surface area contributed by atoms with Gasteiger partial charge in [-0.15, -0.1) is 0 Å². The van der Waals surface area contributed by atoms with Crippen molar-refractivity contribution in [3.63, 3.8) is 0 Å². The van der Waals surface area contributed by atoms with E-state index in [1.54, 1.807) is 18.2 Å². The first-order valence-corrected chi connectivity index (χ1v) is 5.69. The molecule has 0 saturated carbocycles. The zero-order valence-corrected chi connectivity index (χ0v) is 11.0. The molecule has 2 rings (SSSR count). The lowest BCUT2D eigenvalue weighted by molar-refractivity contribution is -0.384. The Kier molecular flexibility index (Phi) is 3.69. The molecule has 7 nitrogen and oxygen atoms in total. The second-order valence-electron chi connectivity index (χ2n) is 3.99. The van der Waals surface area contributed by atoms with Crippen LogP contribution in [0.15, 0.2) is 30.3 Å². The lowest BCUT2D eigenvalue weighted by Gasteiger charge is -2.08. The quantitative estimate of drug-likeness (QED) is 0.678. The van der Waals surface area contributed by atoms with Gasteiger partial charge in [0.2, 0.25) is 0 Å². The van der Waals surface area contributed by atoms with E-state index >= 15 is 0 Å². The molecule has 7 heteroatoms. The number of aromatic nitrogens is 1. The van der Waals surface area contributed by atoms with Crippen molar-refractivity contribution in [1.82, 2.24) is 4.98 Å². The number of benzene rings is 1. The standard InChI is InChI=1S/C13H13N3O4/c1-19-10-3-8(4-11(7-10)20-2)12-5-9(16(17)18)6-13(14)15-12/h3-7H,1-2H3,(H2,14,15). The summed E-state index contributed by atoms with van der Waals surface area (Å²) in [5.41, 5.74) is 6.49. The van der Waals surface area contributed by atoms with E-state index in [0.717, 1.165) is 0 Å². The lowest BCUT2D eigenvalue weighted by Crippen LogP contribution is -1.97. The number of ether oxygens (including phenoxy) is 2. The molecule has 1 heterocycles. The van der Waals surface area contributed by atoms with Crippen LogP contribution < -0.4 is 15.2 Å². The van der Waals surface area contributed by atoms with Crippen LogP contribution in [-0.2, 0) is 0 Å². The number of nitro groups is 1. The van der Waals surface area contributed by atoms with Crippen molar-refractivity contribution in [1.29, 1.82) is 0 Å². The van der Waals surface area contributed by atoms with Gasteiger partial charge in [-0.05, 0) is 12.1 Å². The molecule has 0 saturated heterocycles. The highest BCUT2D eigenvalue weighted by molar-refractivity contribution is 5.67. The maximum absolute atomic E-state index is 10.9. The summed E-state index contributed by atoms with van der Waals surface area (Å²) in [4.78, 5) is 14.4. The zero-order valence-electron chi connectivity index (χ0n) is 11.0. The largest absolute Gasteiger partial charge is 0.497 e. The molecule has 0 atom stereocenters. The summed E-state index contributed by atoms with van der Waals surface area (Å²) in [5.74, 6) is 1.20. The minimum absolute atomic E-state index is 0.0796. The van der Waals surface area contributed by atoms with Crippen molar-refractivity contribution in [3.8, 4) is 22.8 Å². The normalized spacial score (nSPS) is 10.1. The Hall–Kier alpha value is -2.83. The van der Waals surface area contributed by atoms with E-state index in [4.69, 9.17) is 15.2 Å². The van der Waals surface area contributed by atoms with E-state index in [2.05, 4.69) is 4.98 Å². The molecule has 104 valence electrons. The van der Waals surface area contributed by atoms with Gasteiger partial charge in [0.25, 0.3) is 5.69 Å². The summed E-state index contributed by atoms with van der Waals surface area (Å²) in [6.45, 7) is 0. The van der Waals surface area contributed by atoms with Gasteiger partial charge in [-0.3, -0.25) is 10.1 Å². The summed E-state index contributed by atoms with van der Waals surface area (Å²) in [5, 5.41) is 10.9. The molecule has 2 N–H and O–H groups in total. The number of nitrogens with zero attached hydrogens (tertiary/aromatic N) is 2. The second-order valence-corrected chi connectivity index (χ2v) is 3.99. The number of hydrogen-bond acceptors (Lipinski definition) is 6. The first-order valence-electron chi connectivity index (χ1n) is 5.69. The highest BCUT2D eigenvalue weighted by Crippen LogP contribution is 2.31. The molecule has 0 spiro atoms. The Morgan fingerprint density at radius 3 is 2.20 bits per heavy atom. The summed E-state index contributed by atoms with van der Waals surface area (Å²) in [6, 6.07) is 7.66. The van der Waals surface area contributed by atoms with Crippen LogP contribution in [0.1, 0.15) is 0 Å². The van der Waals surface area contributed by atoms with Crippen LogP contribution >= 0.6 is 0 Å². The molecule has 1 aromatic heterocycles. The van der Waals surface area contributed by atoms with Gasteiger partial charge < -0.3 is 15.2 Å². The Bertz CT molecular complexity index is 636. The topological polar surface area (TPSA) is 101 Å². The van der Waals surface area contributed by atoms with Crippen LogP contribution in [0.3, 0.4) is 0 Å². The van der Waals surface area contributed by atoms with Crippen molar-refractivity contribution in [2.75, 3.05) is 20.0 Å². The molecule has 0 amide bonds. The van der Waals surface area contributed by atoms with E-state index in [0.29, 0.717) is 22.8 Å². The van der Waals surface area contributed by atoms with Crippen LogP contribution in [0, 0.1) is 10.1 Å². The van der Waals surface area contributed by atoms with Gasteiger partial charge in [0.1, 0.15) is 17.3 Å². The fourth-order valence-electron chi connectivity index (χ4n) is 1.75. The molecule has 0 aliphatic rings. The molecule has 2 aromatic rings. The summed E-state index contributed by atoms with van der Waals surface area (Å²) < 4.78 is 10.3. The van der Waals surface area contributed by atoms with Crippen LogP contribution in [0.25, 0.3) is 11.3 Å². The fraction of sp³-hybridized carbons (Fsp3) is 0.154. The van der Waals surface area contributed by atoms with Gasteiger partial charge in [-0.25, -0.2) is 4.98 Å². The van der Waals surface area contributed by atoms with Gasteiger partial charge in [-0.1, -0.05) is 0 Å². The maximum Gasteiger partial charge on any atom is 0.275 e. The average molecular weight is 275 g/mol. The highest BCUT2D eigenvalue weighted by Gasteiger charge is 2.13. The summed E-state index contributed by atoms with van der Waals surface area (Å²) >= 11 is 0. The monoisotopic (exact) mass is 275 g/mol. The van der Waals surface area contributed by atoms with E-state index in [1.807, 2.05) is 0 Å². The molecule has 0 fully saturated rings. The van der Waals surface area contributed by atoms with E-state index < -0.39 is 4.92 Å². The number of nitrogen functional groups attached to an aromatic ring is 1. The molecule has 1 aromatic carbocycles. The van der Waals surface area contributed by atoms with Crippen LogP contribution in [0.4, 0.5) is 11.5 Å². The van der Waals surface area contributed by atoms with Crippen LogP contribution in [0.5, 0.6) is 11.5 Å². The SMILES string of the molecule is COc1cc(OC)cc(-c2cc([N+](=O)[O-])cc(N)n2)c1. The van der Waals surface area contributed by atoms with Crippen molar-refractivity contribution in [3.05, 3.63) is 40.4 Å². The molecule has 0 aliphatic carbocycles. The first kappa shape index (κ1) is 13.6. The Morgan fingerprint density at radius 2 is 1.70 bits per heavy atom. The minimum atomic E-state index is -0.515. The van der Waals surface area contributed by atoms with Gasteiger partial charge >= 0.3 is 0 Å². The maximum atomic E-state index is 10.9. The molecule has 0 bridgehead atoms. The number of nitrogens with two attached hydrogens (primary N) is 1. The molecule has 0 radical (unpaired) electrons. The van der Waals surface area contributed by atoms with Gasteiger partial charge in [0.05, 0.1) is 30.9 Å². The molecule has 20 heavy (non-hydrogen) atoms. The predicted molar refractivity (Wildman–Crippen MR) is 73.8 cm³/mol. The third-order valence-corrected chi connectivity index (χ3v) is 2.69. The third kappa shape index (κ3) is 2.77. The lowest BCUT2D eigenvalue weighted by atomic mass is 10.1. The Labute approximate surface area is 115 Å². The van der Waals surface area contributed by atoms with Crippen LogP contribution in [-0.4, -0.2) is 24.1 Å². The third-order valence-electron chi connectivity index (χ3n) is 2.69. The van der Waals surface area contributed by atoms with E-state index in [-0.39, 0.29) is 11.5 Å². The molecular weight excluding hydrogens is 262 g/mol. The van der Waals surface area contributed by atoms with Crippen molar-refractivity contribution >= 4 is 11.5 Å². The summed E-state index contributed by atoms with van der Waals surface area (Å²) in [6.07, 6.45) is 0. The average Bonchev–Trinajstić information content (AvgIpc) is 2.45. The highest BCUT2D eigenvalue weighted by atomic mass is 16.6. The molecule has 0 aliphatic heterocycles. The van der Waals surface area contributed by atoms with Crippen molar-refractivity contribution < 1.29 is 14.4 Å². The number of hydrogen-bond donors (Lipinski definition) is 1. The number of anilines is 1. The zero-order chi connectivity index (χ0) is 14.7. The van der Waals surface area contributed by atoms with Gasteiger partial charge in [0, 0.05) is 17.7 Å². The smallest absolute Gasteiger partial charge is 0.275 e. The Morgan fingerprint density at radius 1 is 1.10 bits per heavy atom. The van der Waals surface area contributed by atoms with E-state index in [1.165, 1.54) is 26.4 Å². The molecule has 0 unspecified atom stereocenters. The number of pyridine rings is 1. The predicted octanol–water partition coefficient (Wildman–Crippen LogP) is 2.26. The number of rotatable bonds is 4. The minimum Gasteiger partial charge on any atom is -0.497 e. The van der Waals surface area contributed by atoms with Gasteiger partial charge in [-0.2, -0.15) is 0 Å². The second kappa shape index (κ2) is 5.43. The van der Waals surface area contributed by atoms with Crippen molar-refractivity contribution in [2.45, 2.75) is 0 Å². The first-order chi connectivity index (χ1) is 9.53. The number of methoxy groups -OCH3 is 2.